The largest absolute Gasteiger partial charge is 0.344 e. The van der Waals surface area contributed by atoms with E-state index in [9.17, 15) is 9.59 Å². The standard InChI is InChI=1S/C22H18N2O2/c25-21-16-12-13-10-11-23-17-9-5-4-8-15(17)18(20(13)23)19(16)22(26)24(21)14-6-2-1-3-7-14/h1-9,13,16,19H,10-12H2. The third-order valence-corrected chi connectivity index (χ3v) is 6.43. The summed E-state index contributed by atoms with van der Waals surface area (Å²) in [6.45, 7) is 0.991. The summed E-state index contributed by atoms with van der Waals surface area (Å²) in [5.74, 6) is -0.252. The number of nitrogens with zero attached hydrogens (tertiary/aromatic N) is 2. The number of amides is 2. The van der Waals surface area contributed by atoms with Crippen LogP contribution in [-0.2, 0) is 16.1 Å². The second kappa shape index (κ2) is 4.85. The Kier molecular flexibility index (Phi) is 2.67. The van der Waals surface area contributed by atoms with Crippen molar-refractivity contribution in [3.05, 3.63) is 65.9 Å². The third-order valence-electron chi connectivity index (χ3n) is 6.43. The average molecular weight is 342 g/mol. The predicted octanol–water partition coefficient (Wildman–Crippen LogP) is 3.81. The van der Waals surface area contributed by atoms with Crippen molar-refractivity contribution in [2.24, 2.45) is 5.92 Å². The van der Waals surface area contributed by atoms with Crippen LogP contribution >= 0.6 is 0 Å². The number of benzene rings is 2. The van der Waals surface area contributed by atoms with Gasteiger partial charge in [-0.1, -0.05) is 36.4 Å². The average Bonchev–Trinajstić information content (AvgIpc) is 3.31. The van der Waals surface area contributed by atoms with E-state index in [2.05, 4.69) is 22.8 Å². The van der Waals surface area contributed by atoms with E-state index in [0.29, 0.717) is 11.6 Å². The summed E-state index contributed by atoms with van der Waals surface area (Å²) in [6, 6.07) is 17.7. The van der Waals surface area contributed by atoms with Gasteiger partial charge in [0, 0.05) is 29.1 Å². The van der Waals surface area contributed by atoms with E-state index in [0.717, 1.165) is 30.3 Å². The fourth-order valence-corrected chi connectivity index (χ4v) is 5.44. The number of hydrogen-bond donors (Lipinski definition) is 0. The molecular formula is C22H18N2O2. The number of carbonyl (C=O) groups is 2. The molecular weight excluding hydrogens is 324 g/mol. The van der Waals surface area contributed by atoms with Crippen LogP contribution in [0.15, 0.2) is 54.6 Å². The first-order valence-electron chi connectivity index (χ1n) is 9.29. The lowest BCUT2D eigenvalue weighted by atomic mass is 9.73. The molecule has 2 aliphatic heterocycles. The molecule has 26 heavy (non-hydrogen) atoms. The van der Waals surface area contributed by atoms with E-state index in [1.807, 2.05) is 36.4 Å². The molecule has 2 amide bonds. The number of fused-ring (bicyclic) bond motifs is 5. The van der Waals surface area contributed by atoms with Gasteiger partial charge in [0.2, 0.25) is 11.8 Å². The highest BCUT2D eigenvalue weighted by atomic mass is 16.2. The van der Waals surface area contributed by atoms with E-state index in [4.69, 9.17) is 0 Å². The van der Waals surface area contributed by atoms with Crippen LogP contribution in [0.25, 0.3) is 10.9 Å². The van der Waals surface area contributed by atoms with Crippen molar-refractivity contribution < 1.29 is 9.59 Å². The smallest absolute Gasteiger partial charge is 0.242 e. The molecule has 1 aliphatic carbocycles. The van der Waals surface area contributed by atoms with Gasteiger partial charge in [-0.3, -0.25) is 9.59 Å². The van der Waals surface area contributed by atoms with Crippen molar-refractivity contribution in [1.82, 2.24) is 4.57 Å². The molecule has 3 aromatic rings. The first-order chi connectivity index (χ1) is 12.8. The molecule has 2 aromatic carbocycles. The lowest BCUT2D eigenvalue weighted by Crippen LogP contribution is -2.30. The highest BCUT2D eigenvalue weighted by molar-refractivity contribution is 6.24. The molecule has 4 nitrogen and oxygen atoms in total. The van der Waals surface area contributed by atoms with Gasteiger partial charge in [0.05, 0.1) is 17.5 Å². The molecule has 0 radical (unpaired) electrons. The number of aryl methyl sites for hydroxylation is 1. The number of imide groups is 1. The van der Waals surface area contributed by atoms with Crippen LogP contribution < -0.4 is 4.90 Å². The number of rotatable bonds is 1. The van der Waals surface area contributed by atoms with Crippen molar-refractivity contribution in [2.75, 3.05) is 4.90 Å². The molecule has 128 valence electrons. The van der Waals surface area contributed by atoms with Crippen molar-refractivity contribution >= 4 is 28.4 Å². The van der Waals surface area contributed by atoms with Gasteiger partial charge >= 0.3 is 0 Å². The summed E-state index contributed by atoms with van der Waals surface area (Å²) in [5, 5.41) is 1.15. The minimum Gasteiger partial charge on any atom is -0.344 e. The molecule has 6 rings (SSSR count). The molecule has 0 N–H and O–H groups in total. The maximum absolute atomic E-state index is 13.4. The molecule has 3 aliphatic rings. The van der Waals surface area contributed by atoms with Gasteiger partial charge in [-0.15, -0.1) is 0 Å². The molecule has 3 atom stereocenters. The van der Waals surface area contributed by atoms with Crippen LogP contribution in [0.2, 0.25) is 0 Å². The normalized spacial score (nSPS) is 26.5. The predicted molar refractivity (Wildman–Crippen MR) is 99.1 cm³/mol. The van der Waals surface area contributed by atoms with Crippen LogP contribution in [0.4, 0.5) is 5.69 Å². The molecule has 1 fully saturated rings. The molecule has 1 saturated heterocycles. The lowest BCUT2D eigenvalue weighted by molar-refractivity contribution is -0.122. The van der Waals surface area contributed by atoms with Gasteiger partial charge in [-0.05, 0) is 36.6 Å². The Hall–Kier alpha value is -2.88. The van der Waals surface area contributed by atoms with Crippen LogP contribution in [0.1, 0.15) is 35.9 Å². The van der Waals surface area contributed by atoms with Gasteiger partial charge in [0.1, 0.15) is 0 Å². The van der Waals surface area contributed by atoms with Crippen LogP contribution in [0.3, 0.4) is 0 Å². The Bertz CT molecular complexity index is 1080. The summed E-state index contributed by atoms with van der Waals surface area (Å²) in [4.78, 5) is 28.0. The second-order valence-corrected chi connectivity index (χ2v) is 7.62. The third kappa shape index (κ3) is 1.60. The topological polar surface area (TPSA) is 42.3 Å². The van der Waals surface area contributed by atoms with Crippen LogP contribution in [0.5, 0.6) is 0 Å². The van der Waals surface area contributed by atoms with Gasteiger partial charge in [0.25, 0.3) is 0 Å². The van der Waals surface area contributed by atoms with Gasteiger partial charge in [0.15, 0.2) is 0 Å². The van der Waals surface area contributed by atoms with Gasteiger partial charge < -0.3 is 4.57 Å². The van der Waals surface area contributed by atoms with Gasteiger partial charge in [-0.2, -0.15) is 0 Å². The second-order valence-electron chi connectivity index (χ2n) is 7.62. The van der Waals surface area contributed by atoms with Crippen molar-refractivity contribution in [2.45, 2.75) is 31.2 Å². The van der Waals surface area contributed by atoms with E-state index in [1.165, 1.54) is 16.1 Å². The Morgan fingerprint density at radius 1 is 0.885 bits per heavy atom. The van der Waals surface area contributed by atoms with Crippen molar-refractivity contribution in [3.8, 4) is 0 Å². The number of para-hydroxylation sites is 2. The number of aromatic nitrogens is 1. The first-order valence-corrected chi connectivity index (χ1v) is 9.29. The Morgan fingerprint density at radius 3 is 2.50 bits per heavy atom. The lowest BCUT2D eigenvalue weighted by Gasteiger charge is -2.26. The Labute approximate surface area is 151 Å². The quantitative estimate of drug-likeness (QED) is 0.631. The molecule has 3 heterocycles. The van der Waals surface area contributed by atoms with E-state index >= 15 is 0 Å². The maximum Gasteiger partial charge on any atom is 0.242 e. The van der Waals surface area contributed by atoms with E-state index in [-0.39, 0.29) is 23.7 Å². The minimum atomic E-state index is -0.335. The van der Waals surface area contributed by atoms with Crippen molar-refractivity contribution in [1.29, 1.82) is 0 Å². The number of hydrogen-bond acceptors (Lipinski definition) is 2. The molecule has 0 spiro atoms. The number of anilines is 1. The molecule has 0 bridgehead atoms. The molecule has 4 heteroatoms. The zero-order chi connectivity index (χ0) is 17.4. The summed E-state index contributed by atoms with van der Waals surface area (Å²) < 4.78 is 2.38. The SMILES string of the molecule is O=C1C2CC3CCn4c3c(c3ccccc34)C2C(=O)N1c1ccccc1. The van der Waals surface area contributed by atoms with E-state index in [1.54, 1.807) is 0 Å². The molecule has 1 aromatic heterocycles. The highest BCUT2D eigenvalue weighted by Crippen LogP contribution is 2.54. The maximum atomic E-state index is 13.4. The molecule has 3 unspecified atom stereocenters. The Morgan fingerprint density at radius 2 is 1.65 bits per heavy atom. The van der Waals surface area contributed by atoms with Crippen LogP contribution in [0, 0.1) is 5.92 Å². The van der Waals surface area contributed by atoms with Gasteiger partial charge in [-0.25, -0.2) is 4.90 Å². The number of carbonyl (C=O) groups excluding carboxylic acids is 2. The summed E-state index contributed by atoms with van der Waals surface area (Å²) >= 11 is 0. The van der Waals surface area contributed by atoms with E-state index < -0.39 is 0 Å². The zero-order valence-corrected chi connectivity index (χ0v) is 14.3. The zero-order valence-electron chi connectivity index (χ0n) is 14.3. The molecule has 0 saturated carbocycles. The van der Waals surface area contributed by atoms with Crippen molar-refractivity contribution in [3.63, 3.8) is 0 Å². The summed E-state index contributed by atoms with van der Waals surface area (Å²) in [5.41, 5.74) is 4.33. The Balaban J connectivity index is 1.59. The fraction of sp³-hybridized carbons (Fsp3) is 0.273. The monoisotopic (exact) mass is 342 g/mol. The minimum absolute atomic E-state index is 0.0272. The first kappa shape index (κ1) is 14.3. The highest BCUT2D eigenvalue weighted by Gasteiger charge is 2.55. The summed E-state index contributed by atoms with van der Waals surface area (Å²) in [6.07, 6.45) is 1.87. The van der Waals surface area contributed by atoms with Crippen LogP contribution in [-0.4, -0.2) is 16.4 Å². The fourth-order valence-electron chi connectivity index (χ4n) is 5.44. The summed E-state index contributed by atoms with van der Waals surface area (Å²) in [7, 11) is 0.